The summed E-state index contributed by atoms with van der Waals surface area (Å²) >= 11 is 0. The molecule has 1 heterocycles. The van der Waals surface area contributed by atoms with Gasteiger partial charge in [-0.25, -0.2) is 0 Å². The maximum Gasteiger partial charge on any atom is 0.269 e. The average Bonchev–Trinajstić information content (AvgIpc) is 2.86. The van der Waals surface area contributed by atoms with Gasteiger partial charge in [-0.1, -0.05) is 60.7 Å². The van der Waals surface area contributed by atoms with Gasteiger partial charge in [0, 0.05) is 38.3 Å². The van der Waals surface area contributed by atoms with Crippen LogP contribution in [0.3, 0.4) is 0 Å². The fourth-order valence-corrected chi connectivity index (χ4v) is 4.24. The summed E-state index contributed by atoms with van der Waals surface area (Å²) in [4.78, 5) is 27.6. The van der Waals surface area contributed by atoms with Crippen molar-refractivity contribution in [3.8, 4) is 5.75 Å². The molecule has 0 aromatic heterocycles. The number of hydrogen-bond donors (Lipinski definition) is 0. The normalized spacial score (nSPS) is 15.3. The number of rotatable bonds is 7. The van der Waals surface area contributed by atoms with Crippen LogP contribution in [0.5, 0.6) is 5.75 Å². The molecule has 7 heteroatoms. The molecule has 0 N–H and O–H groups in total. The van der Waals surface area contributed by atoms with Crippen molar-refractivity contribution in [1.29, 1.82) is 0 Å². The van der Waals surface area contributed by atoms with Gasteiger partial charge in [0.2, 0.25) is 0 Å². The van der Waals surface area contributed by atoms with Crippen molar-refractivity contribution in [2.24, 2.45) is 0 Å². The Morgan fingerprint density at radius 2 is 1.36 bits per heavy atom. The molecule has 0 spiro atoms. The van der Waals surface area contributed by atoms with E-state index in [9.17, 15) is 14.9 Å². The Kier molecular flexibility index (Phi) is 7.00. The number of nitro groups is 1. The van der Waals surface area contributed by atoms with Crippen LogP contribution in [-0.2, 0) is 4.79 Å². The molecule has 1 aliphatic rings. The van der Waals surface area contributed by atoms with Gasteiger partial charge in [-0.05, 0) is 30.2 Å². The highest BCUT2D eigenvalue weighted by Gasteiger charge is 2.30. The highest BCUT2D eigenvalue weighted by molar-refractivity contribution is 5.81. The third-order valence-corrected chi connectivity index (χ3v) is 5.93. The number of piperazine rings is 1. The number of carbonyl (C=O) groups is 1. The zero-order chi connectivity index (χ0) is 23.2. The molecule has 1 saturated heterocycles. The number of hydrogen-bond acceptors (Lipinski definition) is 5. The number of carbonyl (C=O) groups excluding carboxylic acids is 1. The minimum Gasteiger partial charge on any atom is -0.481 e. The first-order chi connectivity index (χ1) is 16.0. The largest absolute Gasteiger partial charge is 0.481 e. The molecule has 7 nitrogen and oxygen atoms in total. The monoisotopic (exact) mass is 445 g/mol. The van der Waals surface area contributed by atoms with Crippen molar-refractivity contribution in [3.05, 3.63) is 106 Å². The van der Waals surface area contributed by atoms with Crippen molar-refractivity contribution in [2.45, 2.75) is 19.1 Å². The second kappa shape index (κ2) is 10.3. The van der Waals surface area contributed by atoms with E-state index in [1.165, 1.54) is 35.4 Å². The summed E-state index contributed by atoms with van der Waals surface area (Å²) in [5.74, 6) is 0.359. The Labute approximate surface area is 193 Å². The van der Waals surface area contributed by atoms with E-state index >= 15 is 0 Å². The molecule has 0 aliphatic carbocycles. The smallest absolute Gasteiger partial charge is 0.269 e. The summed E-state index contributed by atoms with van der Waals surface area (Å²) in [5, 5.41) is 10.8. The van der Waals surface area contributed by atoms with Gasteiger partial charge in [-0.15, -0.1) is 0 Å². The molecule has 1 fully saturated rings. The Balaban J connectivity index is 1.39. The Hall–Kier alpha value is -3.71. The second-order valence-corrected chi connectivity index (χ2v) is 8.10. The van der Waals surface area contributed by atoms with Crippen molar-refractivity contribution in [3.63, 3.8) is 0 Å². The third kappa shape index (κ3) is 5.38. The zero-order valence-corrected chi connectivity index (χ0v) is 18.5. The van der Waals surface area contributed by atoms with Crippen LogP contribution in [0.15, 0.2) is 84.9 Å². The van der Waals surface area contributed by atoms with E-state index in [0.29, 0.717) is 18.8 Å². The van der Waals surface area contributed by atoms with Crippen LogP contribution in [0.25, 0.3) is 0 Å². The van der Waals surface area contributed by atoms with E-state index in [2.05, 4.69) is 53.4 Å². The molecule has 1 unspecified atom stereocenters. The van der Waals surface area contributed by atoms with Crippen LogP contribution in [0, 0.1) is 10.1 Å². The number of amides is 1. The van der Waals surface area contributed by atoms with E-state index in [1.54, 1.807) is 6.92 Å². The first-order valence-electron chi connectivity index (χ1n) is 11.1. The Morgan fingerprint density at radius 1 is 0.848 bits per heavy atom. The van der Waals surface area contributed by atoms with Crippen molar-refractivity contribution < 1.29 is 14.5 Å². The predicted molar refractivity (Wildman–Crippen MR) is 126 cm³/mol. The topological polar surface area (TPSA) is 75.9 Å². The van der Waals surface area contributed by atoms with Gasteiger partial charge in [-0.3, -0.25) is 19.8 Å². The van der Waals surface area contributed by atoms with E-state index in [-0.39, 0.29) is 17.6 Å². The Morgan fingerprint density at radius 3 is 1.85 bits per heavy atom. The predicted octanol–water partition coefficient (Wildman–Crippen LogP) is 4.30. The maximum atomic E-state index is 13.0. The molecule has 3 aromatic carbocycles. The fourth-order valence-electron chi connectivity index (χ4n) is 4.24. The molecule has 33 heavy (non-hydrogen) atoms. The molecule has 1 aliphatic heterocycles. The van der Waals surface area contributed by atoms with Gasteiger partial charge in [0.15, 0.2) is 6.10 Å². The van der Waals surface area contributed by atoms with E-state index in [1.807, 2.05) is 17.0 Å². The van der Waals surface area contributed by atoms with Gasteiger partial charge in [0.05, 0.1) is 11.0 Å². The zero-order valence-electron chi connectivity index (χ0n) is 18.5. The highest BCUT2D eigenvalue weighted by Crippen LogP contribution is 2.29. The van der Waals surface area contributed by atoms with Crippen LogP contribution < -0.4 is 4.74 Å². The summed E-state index contributed by atoms with van der Waals surface area (Å²) in [6.45, 7) is 4.45. The number of nitrogens with zero attached hydrogens (tertiary/aromatic N) is 3. The molecule has 3 aromatic rings. The molecule has 170 valence electrons. The SMILES string of the molecule is CC(Oc1ccc([N+](=O)[O-])cc1)C(=O)N1CCN(C(c2ccccc2)c2ccccc2)CC1. The lowest BCUT2D eigenvalue weighted by molar-refractivity contribution is -0.384. The minimum atomic E-state index is -0.669. The highest BCUT2D eigenvalue weighted by atomic mass is 16.6. The van der Waals surface area contributed by atoms with Crippen LogP contribution >= 0.6 is 0 Å². The summed E-state index contributed by atoms with van der Waals surface area (Å²) in [5.41, 5.74) is 2.46. The minimum absolute atomic E-state index is 0.0103. The van der Waals surface area contributed by atoms with Crippen molar-refractivity contribution in [2.75, 3.05) is 26.2 Å². The van der Waals surface area contributed by atoms with E-state index < -0.39 is 11.0 Å². The first kappa shape index (κ1) is 22.5. The lowest BCUT2D eigenvalue weighted by Gasteiger charge is -2.40. The van der Waals surface area contributed by atoms with Crippen molar-refractivity contribution in [1.82, 2.24) is 9.80 Å². The summed E-state index contributed by atoms with van der Waals surface area (Å²) in [7, 11) is 0. The van der Waals surface area contributed by atoms with Crippen LogP contribution in [0.4, 0.5) is 5.69 Å². The van der Waals surface area contributed by atoms with Crippen molar-refractivity contribution >= 4 is 11.6 Å². The standard InChI is InChI=1S/C26H27N3O4/c1-20(33-24-14-12-23(13-15-24)29(31)32)26(30)28-18-16-27(17-19-28)25(21-8-4-2-5-9-21)22-10-6-3-7-11-22/h2-15,20,25H,16-19H2,1H3. The Bertz CT molecular complexity index is 1030. The maximum absolute atomic E-state index is 13.0. The summed E-state index contributed by atoms with van der Waals surface area (Å²) in [6.07, 6.45) is -0.669. The second-order valence-electron chi connectivity index (χ2n) is 8.10. The third-order valence-electron chi connectivity index (χ3n) is 5.93. The molecular formula is C26H27N3O4. The van der Waals surface area contributed by atoms with Gasteiger partial charge in [-0.2, -0.15) is 0 Å². The summed E-state index contributed by atoms with van der Waals surface area (Å²) < 4.78 is 5.75. The molecular weight excluding hydrogens is 418 g/mol. The van der Waals surface area contributed by atoms with Crippen LogP contribution in [0.2, 0.25) is 0 Å². The molecule has 0 bridgehead atoms. The molecule has 0 radical (unpaired) electrons. The first-order valence-corrected chi connectivity index (χ1v) is 11.1. The average molecular weight is 446 g/mol. The summed E-state index contributed by atoms with van der Waals surface area (Å²) in [6, 6.07) is 26.8. The number of non-ortho nitro benzene ring substituents is 1. The quantitative estimate of drug-likeness (QED) is 0.400. The lowest BCUT2D eigenvalue weighted by atomic mass is 9.96. The van der Waals surface area contributed by atoms with Crippen LogP contribution in [0.1, 0.15) is 24.1 Å². The van der Waals surface area contributed by atoms with Gasteiger partial charge in [0.25, 0.3) is 11.6 Å². The number of ether oxygens (including phenoxy) is 1. The number of nitro benzene ring substituents is 1. The fraction of sp³-hybridized carbons (Fsp3) is 0.269. The van der Waals surface area contributed by atoms with Gasteiger partial charge < -0.3 is 9.64 Å². The molecule has 4 rings (SSSR count). The van der Waals surface area contributed by atoms with Gasteiger partial charge >= 0.3 is 0 Å². The molecule has 0 saturated carbocycles. The van der Waals surface area contributed by atoms with E-state index in [0.717, 1.165) is 13.1 Å². The number of benzene rings is 3. The molecule has 1 atom stereocenters. The van der Waals surface area contributed by atoms with Gasteiger partial charge in [0.1, 0.15) is 5.75 Å². The lowest BCUT2D eigenvalue weighted by Crippen LogP contribution is -2.52. The molecule has 1 amide bonds. The van der Waals surface area contributed by atoms with Crippen LogP contribution in [-0.4, -0.2) is 52.9 Å². The van der Waals surface area contributed by atoms with E-state index in [4.69, 9.17) is 4.74 Å².